The number of hydrogen-bond donors (Lipinski definition) is 3. The van der Waals surface area contributed by atoms with Crippen LogP contribution in [0, 0.1) is 6.92 Å². The van der Waals surface area contributed by atoms with Gasteiger partial charge in [-0.25, -0.2) is 15.0 Å². The average Bonchev–Trinajstić information content (AvgIpc) is 2.88. The van der Waals surface area contributed by atoms with Crippen LogP contribution in [-0.2, 0) is 16.1 Å². The molecule has 0 bridgehead atoms. The van der Waals surface area contributed by atoms with E-state index in [4.69, 9.17) is 15.5 Å². The van der Waals surface area contributed by atoms with Crippen LogP contribution < -0.4 is 21.3 Å². The fraction of sp³-hybridized carbons (Fsp3) is 0.240. The molecular weight excluding hydrogens is 446 g/mol. The molecule has 1 aromatic carbocycles. The number of hydrogen-bond acceptors (Lipinski definition) is 8. The zero-order chi connectivity index (χ0) is 24.8. The lowest BCUT2D eigenvalue weighted by molar-refractivity contribution is -0.111. The zero-order valence-corrected chi connectivity index (χ0v) is 19.5. The second kappa shape index (κ2) is 10.7. The number of nitrogens with two attached hydrogens (primary N) is 1. The Balaban J connectivity index is 1.55. The van der Waals surface area contributed by atoms with Crippen molar-refractivity contribution in [3.63, 3.8) is 0 Å². The van der Waals surface area contributed by atoms with Crippen molar-refractivity contribution < 1.29 is 14.3 Å². The van der Waals surface area contributed by atoms with Crippen molar-refractivity contribution in [1.29, 1.82) is 0 Å². The van der Waals surface area contributed by atoms with Gasteiger partial charge in [-0.3, -0.25) is 9.59 Å². The Bertz CT molecular complexity index is 1240. The molecule has 35 heavy (non-hydrogen) atoms. The molecule has 0 spiro atoms. The molecule has 2 aromatic heterocycles. The Kier molecular flexibility index (Phi) is 7.32. The largest absolute Gasteiger partial charge is 0.378 e. The van der Waals surface area contributed by atoms with Gasteiger partial charge in [0.1, 0.15) is 5.82 Å². The third kappa shape index (κ3) is 5.98. The van der Waals surface area contributed by atoms with Gasteiger partial charge in [0, 0.05) is 42.6 Å². The fourth-order valence-electron chi connectivity index (χ4n) is 3.66. The van der Waals surface area contributed by atoms with E-state index in [0.717, 1.165) is 5.56 Å². The van der Waals surface area contributed by atoms with Crippen LogP contribution >= 0.6 is 0 Å². The lowest BCUT2D eigenvalue weighted by atomic mass is 10.1. The quantitative estimate of drug-likeness (QED) is 0.445. The number of aromatic nitrogens is 3. The summed E-state index contributed by atoms with van der Waals surface area (Å²) < 4.78 is 5.46. The van der Waals surface area contributed by atoms with Gasteiger partial charge in [-0.05, 0) is 42.8 Å². The minimum absolute atomic E-state index is 0.184. The molecule has 2 amide bonds. The summed E-state index contributed by atoms with van der Waals surface area (Å²) in [6.07, 6.45) is 2.83. The Morgan fingerprint density at radius 2 is 1.91 bits per heavy atom. The van der Waals surface area contributed by atoms with Gasteiger partial charge in [0.15, 0.2) is 0 Å². The number of aryl methyl sites for hydroxylation is 1. The van der Waals surface area contributed by atoms with Gasteiger partial charge < -0.3 is 26.0 Å². The van der Waals surface area contributed by atoms with E-state index in [9.17, 15) is 9.59 Å². The van der Waals surface area contributed by atoms with Gasteiger partial charge in [0.2, 0.25) is 11.9 Å². The topological polar surface area (TPSA) is 135 Å². The van der Waals surface area contributed by atoms with E-state index in [1.807, 2.05) is 19.1 Å². The van der Waals surface area contributed by atoms with Gasteiger partial charge in [0.05, 0.1) is 24.6 Å². The lowest BCUT2D eigenvalue weighted by Gasteiger charge is -2.28. The van der Waals surface area contributed by atoms with Crippen LogP contribution in [0.3, 0.4) is 0 Å². The highest BCUT2D eigenvalue weighted by Gasteiger charge is 2.18. The van der Waals surface area contributed by atoms with Crippen LogP contribution in [0.4, 0.5) is 17.5 Å². The number of anilines is 3. The minimum Gasteiger partial charge on any atom is -0.378 e. The smallest absolute Gasteiger partial charge is 0.251 e. The summed E-state index contributed by atoms with van der Waals surface area (Å²) in [7, 11) is 0. The van der Waals surface area contributed by atoms with E-state index in [2.05, 4.69) is 32.1 Å². The summed E-state index contributed by atoms with van der Waals surface area (Å²) >= 11 is 0. The van der Waals surface area contributed by atoms with E-state index in [1.165, 1.54) is 6.08 Å². The molecule has 0 atom stereocenters. The minimum atomic E-state index is -0.280. The summed E-state index contributed by atoms with van der Waals surface area (Å²) in [6.45, 7) is 8.15. The van der Waals surface area contributed by atoms with Crippen LogP contribution in [0.1, 0.15) is 21.6 Å². The molecule has 0 saturated carbocycles. The molecule has 0 unspecified atom stereocenters. The number of amides is 2. The number of nitrogens with zero attached hydrogens (tertiary/aromatic N) is 4. The first-order valence-corrected chi connectivity index (χ1v) is 11.2. The normalized spacial score (nSPS) is 13.2. The Hall–Kier alpha value is -4.31. The molecule has 1 saturated heterocycles. The molecule has 1 fully saturated rings. The maximum absolute atomic E-state index is 13.1. The van der Waals surface area contributed by atoms with Crippen molar-refractivity contribution >= 4 is 29.3 Å². The van der Waals surface area contributed by atoms with Gasteiger partial charge in [-0.1, -0.05) is 18.7 Å². The summed E-state index contributed by atoms with van der Waals surface area (Å²) in [4.78, 5) is 39.8. The number of benzene rings is 1. The highest BCUT2D eigenvalue weighted by atomic mass is 16.5. The van der Waals surface area contributed by atoms with Gasteiger partial charge >= 0.3 is 0 Å². The van der Waals surface area contributed by atoms with Crippen molar-refractivity contribution in [2.45, 2.75) is 13.5 Å². The molecule has 4 rings (SSSR count). The van der Waals surface area contributed by atoms with Crippen LogP contribution in [0.15, 0.2) is 55.3 Å². The van der Waals surface area contributed by atoms with Gasteiger partial charge in [0.25, 0.3) is 5.91 Å². The lowest BCUT2D eigenvalue weighted by Crippen LogP contribution is -2.37. The third-order valence-electron chi connectivity index (χ3n) is 5.54. The summed E-state index contributed by atoms with van der Waals surface area (Å²) in [5, 5.41) is 5.65. The summed E-state index contributed by atoms with van der Waals surface area (Å²) in [6, 6.07) is 10.7. The monoisotopic (exact) mass is 473 g/mol. The van der Waals surface area contributed by atoms with Crippen molar-refractivity contribution in [3.05, 3.63) is 72.1 Å². The van der Waals surface area contributed by atoms with Gasteiger partial charge in [-0.15, -0.1) is 0 Å². The Labute approximate surface area is 203 Å². The van der Waals surface area contributed by atoms with E-state index < -0.39 is 0 Å². The van der Waals surface area contributed by atoms with Gasteiger partial charge in [-0.2, -0.15) is 0 Å². The molecule has 0 aliphatic carbocycles. The molecule has 4 N–H and O–H groups in total. The molecule has 180 valence electrons. The average molecular weight is 474 g/mol. The second-order valence-electron chi connectivity index (χ2n) is 8.00. The molecular formula is C25H27N7O3. The first-order valence-electron chi connectivity index (χ1n) is 11.2. The summed E-state index contributed by atoms with van der Waals surface area (Å²) in [5.41, 5.74) is 9.71. The highest BCUT2D eigenvalue weighted by Crippen LogP contribution is 2.25. The predicted molar refractivity (Wildman–Crippen MR) is 134 cm³/mol. The number of ether oxygens (including phenoxy) is 1. The van der Waals surface area contributed by atoms with Crippen molar-refractivity contribution in [3.8, 4) is 11.3 Å². The number of carbonyl (C=O) groups is 2. The van der Waals surface area contributed by atoms with Crippen LogP contribution in [-0.4, -0.2) is 53.1 Å². The molecule has 3 aromatic rings. The second-order valence-corrected chi connectivity index (χ2v) is 8.00. The SMILES string of the molecule is C=CC(=O)Nc1ccc(CNC(=O)c2cc(-c3cnc(N)nc3C)nc(N3CCOCC3)c2)cc1. The standard InChI is InChI=1S/C25H27N7O3/c1-3-23(33)30-19-6-4-17(5-7-19)14-27-24(34)18-12-21(20-15-28-25(26)29-16(20)2)31-22(13-18)32-8-10-35-11-9-32/h3-7,12-13,15H,1,8-11,14H2,2H3,(H,27,34)(H,30,33)(H2,26,28,29). The van der Waals surface area contributed by atoms with Crippen LogP contribution in [0.2, 0.25) is 0 Å². The van der Waals surface area contributed by atoms with E-state index in [-0.39, 0.29) is 17.8 Å². The number of carbonyl (C=O) groups excluding carboxylic acids is 2. The molecule has 0 radical (unpaired) electrons. The maximum Gasteiger partial charge on any atom is 0.251 e. The molecule has 3 heterocycles. The maximum atomic E-state index is 13.1. The van der Waals surface area contributed by atoms with Crippen molar-refractivity contribution in [1.82, 2.24) is 20.3 Å². The first kappa shape index (κ1) is 23.8. The first-order chi connectivity index (χ1) is 16.9. The Morgan fingerprint density at radius 3 is 2.60 bits per heavy atom. The van der Waals surface area contributed by atoms with Crippen molar-refractivity contribution in [2.75, 3.05) is 42.3 Å². The number of nitrogen functional groups attached to an aromatic ring is 1. The molecule has 1 aliphatic rings. The van der Waals surface area contributed by atoms with E-state index >= 15 is 0 Å². The summed E-state index contributed by atoms with van der Waals surface area (Å²) in [5.74, 6) is 0.358. The molecule has 10 nitrogen and oxygen atoms in total. The van der Waals surface area contributed by atoms with Crippen LogP contribution in [0.25, 0.3) is 11.3 Å². The molecule has 10 heteroatoms. The predicted octanol–water partition coefficient (Wildman–Crippen LogP) is 2.32. The van der Waals surface area contributed by atoms with E-state index in [0.29, 0.717) is 66.9 Å². The fourth-order valence-corrected chi connectivity index (χ4v) is 3.66. The highest BCUT2D eigenvalue weighted by molar-refractivity contribution is 5.99. The Morgan fingerprint density at radius 1 is 1.17 bits per heavy atom. The zero-order valence-electron chi connectivity index (χ0n) is 19.5. The number of rotatable bonds is 7. The van der Waals surface area contributed by atoms with Crippen LogP contribution in [0.5, 0.6) is 0 Å². The third-order valence-corrected chi connectivity index (χ3v) is 5.54. The number of nitrogens with one attached hydrogen (secondary N) is 2. The van der Waals surface area contributed by atoms with E-state index in [1.54, 1.807) is 30.5 Å². The number of morpholine rings is 1. The number of pyridine rings is 1. The van der Waals surface area contributed by atoms with Crippen molar-refractivity contribution in [2.24, 2.45) is 0 Å². The molecule has 1 aliphatic heterocycles.